The molecule has 2 atom stereocenters. The van der Waals surface area contributed by atoms with Crippen LogP contribution in [0, 0.1) is 5.92 Å². The lowest BCUT2D eigenvalue weighted by Crippen LogP contribution is -2.42. The van der Waals surface area contributed by atoms with E-state index < -0.39 is 15.9 Å². The molecule has 0 radical (unpaired) electrons. The number of hydrogen-bond acceptors (Lipinski definition) is 5. The first-order valence-electron chi connectivity index (χ1n) is 9.35. The second-order valence-corrected chi connectivity index (χ2v) is 9.12. The van der Waals surface area contributed by atoms with E-state index in [9.17, 15) is 18.0 Å². The number of benzene rings is 1. The van der Waals surface area contributed by atoms with Crippen molar-refractivity contribution < 1.29 is 22.7 Å². The normalized spacial score (nSPS) is 23.1. The first kappa shape index (κ1) is 19.8. The number of carbonyl (C=O) groups excluding carboxylic acids is 2. The maximum atomic E-state index is 13.1. The molecule has 2 heterocycles. The Morgan fingerprint density at radius 2 is 2.04 bits per heavy atom. The number of fused-ring (bicyclic) bond motifs is 1. The molecule has 0 aromatic heterocycles. The van der Waals surface area contributed by atoms with Crippen LogP contribution < -0.4 is 4.90 Å². The van der Waals surface area contributed by atoms with Crippen molar-refractivity contribution in [3.8, 4) is 0 Å². The number of esters is 1. The fourth-order valence-electron chi connectivity index (χ4n) is 4.01. The average Bonchev–Trinajstić information content (AvgIpc) is 2.97. The highest BCUT2D eigenvalue weighted by atomic mass is 32.2. The van der Waals surface area contributed by atoms with Gasteiger partial charge in [0.25, 0.3) is 0 Å². The van der Waals surface area contributed by atoms with Crippen LogP contribution in [0.2, 0.25) is 0 Å². The molecule has 0 N–H and O–H groups in total. The van der Waals surface area contributed by atoms with E-state index in [1.807, 2.05) is 6.92 Å². The molecular formula is C19H26N2O5S. The van der Waals surface area contributed by atoms with Crippen molar-refractivity contribution in [1.82, 2.24) is 4.31 Å². The summed E-state index contributed by atoms with van der Waals surface area (Å²) in [4.78, 5) is 25.8. The lowest BCUT2D eigenvalue weighted by Gasteiger charge is -2.30. The Hall–Kier alpha value is -1.93. The van der Waals surface area contributed by atoms with Crippen molar-refractivity contribution in [2.45, 2.75) is 51.0 Å². The van der Waals surface area contributed by atoms with Gasteiger partial charge in [-0.15, -0.1) is 0 Å². The molecule has 0 aliphatic carbocycles. The van der Waals surface area contributed by atoms with Crippen LogP contribution in [-0.4, -0.2) is 50.3 Å². The molecule has 1 amide bonds. The van der Waals surface area contributed by atoms with Crippen LogP contribution in [-0.2, 0) is 30.8 Å². The van der Waals surface area contributed by atoms with Crippen LogP contribution in [0.3, 0.4) is 0 Å². The van der Waals surface area contributed by atoms with Crippen LogP contribution in [0.15, 0.2) is 23.1 Å². The van der Waals surface area contributed by atoms with Gasteiger partial charge in [-0.2, -0.15) is 4.31 Å². The first-order chi connectivity index (χ1) is 12.8. The molecule has 1 fully saturated rings. The molecule has 1 aromatic carbocycles. The molecule has 1 saturated heterocycles. The Morgan fingerprint density at radius 3 is 2.70 bits per heavy atom. The predicted molar refractivity (Wildman–Crippen MR) is 101 cm³/mol. The quantitative estimate of drug-likeness (QED) is 0.729. The average molecular weight is 394 g/mol. The second-order valence-electron chi connectivity index (χ2n) is 7.19. The maximum absolute atomic E-state index is 13.1. The zero-order chi connectivity index (χ0) is 19.8. The fraction of sp³-hybridized carbons (Fsp3) is 0.579. The number of anilines is 1. The van der Waals surface area contributed by atoms with Gasteiger partial charge in [0.2, 0.25) is 15.9 Å². The summed E-state index contributed by atoms with van der Waals surface area (Å²) in [7, 11) is -3.70. The van der Waals surface area contributed by atoms with Crippen LogP contribution in [0.4, 0.5) is 5.69 Å². The third-order valence-electron chi connectivity index (χ3n) is 5.25. The molecule has 148 valence electrons. The van der Waals surface area contributed by atoms with Crippen molar-refractivity contribution in [3.63, 3.8) is 0 Å². The van der Waals surface area contributed by atoms with Crippen LogP contribution >= 0.6 is 0 Å². The highest BCUT2D eigenvalue weighted by Crippen LogP contribution is 2.35. The third kappa shape index (κ3) is 3.73. The van der Waals surface area contributed by atoms with Gasteiger partial charge in [0.1, 0.15) is 0 Å². The van der Waals surface area contributed by atoms with E-state index in [1.54, 1.807) is 30.0 Å². The number of ether oxygens (including phenoxy) is 1. The van der Waals surface area contributed by atoms with Gasteiger partial charge in [0.05, 0.1) is 17.4 Å². The highest BCUT2D eigenvalue weighted by Gasteiger charge is 2.35. The van der Waals surface area contributed by atoms with Crippen molar-refractivity contribution >= 4 is 27.6 Å². The van der Waals surface area contributed by atoms with E-state index in [0.717, 1.165) is 11.3 Å². The van der Waals surface area contributed by atoms with Crippen molar-refractivity contribution in [1.29, 1.82) is 0 Å². The summed E-state index contributed by atoms with van der Waals surface area (Å²) in [6.07, 6.45) is 1.90. The number of piperidine rings is 1. The summed E-state index contributed by atoms with van der Waals surface area (Å²) < 4.78 is 32.6. The van der Waals surface area contributed by atoms with Crippen molar-refractivity contribution in [2.24, 2.45) is 5.92 Å². The molecule has 7 nitrogen and oxygen atoms in total. The number of sulfonamides is 1. The minimum absolute atomic E-state index is 0.0126. The van der Waals surface area contributed by atoms with Crippen molar-refractivity contribution in [2.75, 3.05) is 24.6 Å². The van der Waals surface area contributed by atoms with E-state index in [4.69, 9.17) is 4.74 Å². The lowest BCUT2D eigenvalue weighted by molar-refractivity contribution is -0.149. The summed E-state index contributed by atoms with van der Waals surface area (Å²) in [6, 6.07) is 4.94. The Kier molecular flexibility index (Phi) is 5.58. The third-order valence-corrected chi connectivity index (χ3v) is 7.11. The largest absolute Gasteiger partial charge is 0.466 e. The Labute approximate surface area is 160 Å². The summed E-state index contributed by atoms with van der Waals surface area (Å²) in [6.45, 7) is 6.03. The number of rotatable bonds is 4. The molecule has 0 bridgehead atoms. The SMILES string of the molecule is CCOC(=O)C1CCCN(S(=O)(=O)c2ccc3c(c2)CC(C)N3C(C)=O)C1. The molecule has 0 spiro atoms. The molecule has 2 unspecified atom stereocenters. The zero-order valence-electron chi connectivity index (χ0n) is 16.0. The van der Waals surface area contributed by atoms with E-state index in [-0.39, 0.29) is 36.0 Å². The molecule has 1 aromatic rings. The highest BCUT2D eigenvalue weighted by molar-refractivity contribution is 7.89. The summed E-state index contributed by atoms with van der Waals surface area (Å²) in [5.74, 6) is -0.807. The molecular weight excluding hydrogens is 368 g/mol. The van der Waals surface area contributed by atoms with Gasteiger partial charge in [0, 0.05) is 31.7 Å². The minimum atomic E-state index is -3.70. The van der Waals surface area contributed by atoms with Gasteiger partial charge in [0.15, 0.2) is 0 Å². The molecule has 2 aliphatic heterocycles. The minimum Gasteiger partial charge on any atom is -0.466 e. The number of amides is 1. The zero-order valence-corrected chi connectivity index (χ0v) is 16.8. The molecule has 8 heteroatoms. The summed E-state index contributed by atoms with van der Waals surface area (Å²) in [5, 5.41) is 0. The standard InChI is InChI=1S/C19H26N2O5S/c1-4-26-19(23)15-6-5-9-20(12-15)27(24,25)17-7-8-18-16(11-17)10-13(2)21(18)14(3)22/h7-8,11,13,15H,4-6,9-10,12H2,1-3H3. The monoisotopic (exact) mass is 394 g/mol. The summed E-state index contributed by atoms with van der Waals surface area (Å²) >= 11 is 0. The van der Waals surface area contributed by atoms with Gasteiger partial charge < -0.3 is 9.64 Å². The van der Waals surface area contributed by atoms with Gasteiger partial charge in [-0.05, 0) is 56.9 Å². The van der Waals surface area contributed by atoms with E-state index in [0.29, 0.717) is 25.8 Å². The maximum Gasteiger partial charge on any atom is 0.310 e. The first-order valence-corrected chi connectivity index (χ1v) is 10.8. The molecule has 0 saturated carbocycles. The van der Waals surface area contributed by atoms with Gasteiger partial charge in [-0.1, -0.05) is 0 Å². The smallest absolute Gasteiger partial charge is 0.310 e. The van der Waals surface area contributed by atoms with Crippen LogP contribution in [0.1, 0.15) is 39.2 Å². The molecule has 2 aliphatic rings. The number of carbonyl (C=O) groups is 2. The Balaban J connectivity index is 1.85. The Morgan fingerprint density at radius 1 is 1.30 bits per heavy atom. The van der Waals surface area contributed by atoms with Gasteiger partial charge >= 0.3 is 5.97 Å². The number of nitrogens with zero attached hydrogens (tertiary/aromatic N) is 2. The lowest BCUT2D eigenvalue weighted by atomic mass is 10.0. The van der Waals surface area contributed by atoms with E-state index >= 15 is 0 Å². The van der Waals surface area contributed by atoms with Crippen molar-refractivity contribution in [3.05, 3.63) is 23.8 Å². The molecule has 3 rings (SSSR count). The topological polar surface area (TPSA) is 84.0 Å². The van der Waals surface area contributed by atoms with Crippen LogP contribution in [0.25, 0.3) is 0 Å². The number of hydrogen-bond donors (Lipinski definition) is 0. The fourth-order valence-corrected chi connectivity index (χ4v) is 5.59. The molecule has 27 heavy (non-hydrogen) atoms. The Bertz CT molecular complexity index is 852. The summed E-state index contributed by atoms with van der Waals surface area (Å²) in [5.41, 5.74) is 1.63. The van der Waals surface area contributed by atoms with E-state index in [2.05, 4.69) is 0 Å². The van der Waals surface area contributed by atoms with Gasteiger partial charge in [-0.3, -0.25) is 9.59 Å². The van der Waals surface area contributed by atoms with Gasteiger partial charge in [-0.25, -0.2) is 8.42 Å². The van der Waals surface area contributed by atoms with E-state index in [1.165, 1.54) is 11.2 Å². The second kappa shape index (κ2) is 7.59. The van der Waals surface area contributed by atoms with Crippen LogP contribution in [0.5, 0.6) is 0 Å². The predicted octanol–water partition coefficient (Wildman–Crippen LogP) is 1.95.